The number of nitrogens with zero attached hydrogens (tertiary/aromatic N) is 5. The van der Waals surface area contributed by atoms with Crippen LogP contribution in [-0.4, -0.2) is 62.8 Å². The van der Waals surface area contributed by atoms with Gasteiger partial charge in [-0.25, -0.2) is 4.68 Å². The molecule has 2 aliphatic rings. The number of amides is 2. The lowest BCUT2D eigenvalue weighted by Crippen LogP contribution is -2.51. The first-order chi connectivity index (χ1) is 16.1. The van der Waals surface area contributed by atoms with Gasteiger partial charge in [0.05, 0.1) is 25.3 Å². The molecule has 170 valence electrons. The van der Waals surface area contributed by atoms with Crippen molar-refractivity contribution in [2.45, 2.75) is 25.7 Å². The average Bonchev–Trinajstić information content (AvgIpc) is 3.29. The Morgan fingerprint density at radius 3 is 2.39 bits per heavy atom. The molecule has 5 rings (SSSR count). The van der Waals surface area contributed by atoms with Gasteiger partial charge in [0.25, 0.3) is 5.91 Å². The summed E-state index contributed by atoms with van der Waals surface area (Å²) in [5, 5.41) is 9.03. The van der Waals surface area contributed by atoms with Crippen LogP contribution in [0.25, 0.3) is 0 Å². The number of fused-ring (bicyclic) bond motifs is 1. The number of rotatable bonds is 4. The molecular weight excluding hydrogens is 442 g/mol. The molecule has 1 atom stereocenters. The highest BCUT2D eigenvalue weighted by molar-refractivity contribution is 6.30. The zero-order chi connectivity index (χ0) is 22.8. The number of piperazine rings is 1. The van der Waals surface area contributed by atoms with Crippen LogP contribution in [0.3, 0.4) is 0 Å². The van der Waals surface area contributed by atoms with Crippen LogP contribution in [0.1, 0.15) is 33.4 Å². The van der Waals surface area contributed by atoms with Gasteiger partial charge in [0.15, 0.2) is 5.69 Å². The van der Waals surface area contributed by atoms with Crippen LogP contribution in [0, 0.1) is 0 Å². The highest BCUT2D eigenvalue weighted by atomic mass is 35.5. The molecule has 9 heteroatoms. The summed E-state index contributed by atoms with van der Waals surface area (Å²) in [6.07, 6.45) is 0.210. The molecule has 3 heterocycles. The highest BCUT2D eigenvalue weighted by Crippen LogP contribution is 2.27. The van der Waals surface area contributed by atoms with E-state index in [9.17, 15) is 9.59 Å². The molecule has 0 bridgehead atoms. The SMILES string of the molecule is O=C(Cc1ccc(Cl)cc1)N1CCN(C(=O)c2nnn3c2CO[C@H](c2ccccc2)C3)CC1. The Morgan fingerprint density at radius 1 is 0.970 bits per heavy atom. The zero-order valence-electron chi connectivity index (χ0n) is 18.1. The monoisotopic (exact) mass is 465 g/mol. The van der Waals surface area contributed by atoms with Crippen molar-refractivity contribution >= 4 is 23.4 Å². The van der Waals surface area contributed by atoms with Crippen molar-refractivity contribution in [3.05, 3.63) is 82.1 Å². The van der Waals surface area contributed by atoms with Crippen LogP contribution in [0.2, 0.25) is 5.02 Å². The molecule has 33 heavy (non-hydrogen) atoms. The summed E-state index contributed by atoms with van der Waals surface area (Å²) in [6, 6.07) is 17.2. The summed E-state index contributed by atoms with van der Waals surface area (Å²) in [5.74, 6) is -0.117. The molecule has 0 unspecified atom stereocenters. The third-order valence-corrected chi connectivity index (χ3v) is 6.41. The van der Waals surface area contributed by atoms with Crippen LogP contribution in [0.5, 0.6) is 0 Å². The molecule has 2 amide bonds. The van der Waals surface area contributed by atoms with Gasteiger partial charge in [-0.2, -0.15) is 0 Å². The fraction of sp³-hybridized carbons (Fsp3) is 0.333. The van der Waals surface area contributed by atoms with Crippen molar-refractivity contribution < 1.29 is 14.3 Å². The Kier molecular flexibility index (Phi) is 6.11. The minimum atomic E-state index is -0.164. The van der Waals surface area contributed by atoms with E-state index in [4.69, 9.17) is 16.3 Å². The Bertz CT molecular complexity index is 1140. The molecule has 2 aliphatic heterocycles. The largest absolute Gasteiger partial charge is 0.365 e. The molecule has 0 spiro atoms. The summed E-state index contributed by atoms with van der Waals surface area (Å²) in [5.41, 5.74) is 3.04. The second-order valence-corrected chi connectivity index (χ2v) is 8.69. The summed E-state index contributed by atoms with van der Waals surface area (Å²) < 4.78 is 7.77. The standard InChI is InChI=1S/C24H24ClN5O3/c25-19-8-6-17(7-9-19)14-22(31)28-10-12-29(13-11-28)24(32)23-20-16-33-21(15-30(20)27-26-23)18-4-2-1-3-5-18/h1-9,21H,10-16H2/t21-/m0/s1. The lowest BCUT2D eigenvalue weighted by atomic mass is 10.1. The first-order valence-corrected chi connectivity index (χ1v) is 11.4. The summed E-state index contributed by atoms with van der Waals surface area (Å²) in [4.78, 5) is 29.3. The summed E-state index contributed by atoms with van der Waals surface area (Å²) >= 11 is 5.91. The van der Waals surface area contributed by atoms with Crippen molar-refractivity contribution in [2.24, 2.45) is 0 Å². The maximum atomic E-state index is 13.1. The number of aromatic nitrogens is 3. The van der Waals surface area contributed by atoms with Gasteiger partial charge in [-0.15, -0.1) is 5.10 Å². The Hall–Kier alpha value is -3.23. The quantitative estimate of drug-likeness (QED) is 0.592. The Balaban J connectivity index is 1.18. The first kappa shape index (κ1) is 21.6. The van der Waals surface area contributed by atoms with Gasteiger partial charge >= 0.3 is 0 Å². The van der Waals surface area contributed by atoms with Crippen molar-refractivity contribution in [3.63, 3.8) is 0 Å². The maximum Gasteiger partial charge on any atom is 0.276 e. The van der Waals surface area contributed by atoms with E-state index in [2.05, 4.69) is 10.3 Å². The van der Waals surface area contributed by atoms with Crippen molar-refractivity contribution in [1.29, 1.82) is 0 Å². The van der Waals surface area contributed by atoms with Gasteiger partial charge in [-0.1, -0.05) is 59.3 Å². The molecule has 0 N–H and O–H groups in total. The molecule has 1 fully saturated rings. The third-order valence-electron chi connectivity index (χ3n) is 6.16. The summed E-state index contributed by atoms with van der Waals surface area (Å²) in [6.45, 7) is 2.72. The van der Waals surface area contributed by atoms with Crippen LogP contribution >= 0.6 is 11.6 Å². The third kappa shape index (κ3) is 4.62. The number of ether oxygens (including phenoxy) is 1. The molecular formula is C24H24ClN5O3. The molecule has 1 saturated heterocycles. The lowest BCUT2D eigenvalue weighted by molar-refractivity contribution is -0.131. The minimum absolute atomic E-state index is 0.0470. The van der Waals surface area contributed by atoms with E-state index in [1.165, 1.54) is 0 Å². The van der Waals surface area contributed by atoms with Gasteiger partial charge in [0.1, 0.15) is 6.10 Å². The van der Waals surface area contributed by atoms with E-state index in [0.717, 1.165) is 11.1 Å². The van der Waals surface area contributed by atoms with E-state index in [1.54, 1.807) is 26.6 Å². The van der Waals surface area contributed by atoms with Crippen LogP contribution in [0.15, 0.2) is 54.6 Å². The van der Waals surface area contributed by atoms with E-state index in [0.29, 0.717) is 55.6 Å². The molecule has 1 aromatic heterocycles. The average molecular weight is 466 g/mol. The number of benzene rings is 2. The smallest absolute Gasteiger partial charge is 0.276 e. The second kappa shape index (κ2) is 9.33. The van der Waals surface area contributed by atoms with E-state index >= 15 is 0 Å². The van der Waals surface area contributed by atoms with Crippen LogP contribution < -0.4 is 0 Å². The topological polar surface area (TPSA) is 80.6 Å². The molecule has 2 aromatic carbocycles. The van der Waals surface area contributed by atoms with E-state index in [1.807, 2.05) is 42.5 Å². The van der Waals surface area contributed by atoms with Crippen LogP contribution in [-0.2, 0) is 29.1 Å². The number of carbonyl (C=O) groups excluding carboxylic acids is 2. The fourth-order valence-electron chi connectivity index (χ4n) is 4.24. The van der Waals surface area contributed by atoms with Crippen molar-refractivity contribution in [2.75, 3.05) is 26.2 Å². The first-order valence-electron chi connectivity index (χ1n) is 11.0. The molecule has 0 aliphatic carbocycles. The highest BCUT2D eigenvalue weighted by Gasteiger charge is 2.32. The summed E-state index contributed by atoms with van der Waals surface area (Å²) in [7, 11) is 0. The molecule has 0 radical (unpaired) electrons. The molecule has 3 aromatic rings. The predicted molar refractivity (Wildman–Crippen MR) is 122 cm³/mol. The number of carbonyl (C=O) groups is 2. The predicted octanol–water partition coefficient (Wildman–Crippen LogP) is 2.73. The van der Waals surface area contributed by atoms with Gasteiger partial charge < -0.3 is 14.5 Å². The van der Waals surface area contributed by atoms with Gasteiger partial charge in [-0.3, -0.25) is 9.59 Å². The Labute approximate surface area is 196 Å². The van der Waals surface area contributed by atoms with E-state index in [-0.39, 0.29) is 24.5 Å². The van der Waals surface area contributed by atoms with Gasteiger partial charge in [0.2, 0.25) is 5.91 Å². The number of halogens is 1. The normalized spacial score (nSPS) is 18.2. The lowest BCUT2D eigenvalue weighted by Gasteiger charge is -2.34. The minimum Gasteiger partial charge on any atom is -0.365 e. The molecule has 8 nitrogen and oxygen atoms in total. The fourth-order valence-corrected chi connectivity index (χ4v) is 4.37. The molecule has 0 saturated carbocycles. The number of hydrogen-bond donors (Lipinski definition) is 0. The van der Waals surface area contributed by atoms with Crippen molar-refractivity contribution in [1.82, 2.24) is 24.8 Å². The van der Waals surface area contributed by atoms with Crippen LogP contribution in [0.4, 0.5) is 0 Å². The van der Waals surface area contributed by atoms with Crippen molar-refractivity contribution in [3.8, 4) is 0 Å². The van der Waals surface area contributed by atoms with E-state index < -0.39 is 0 Å². The van der Waals surface area contributed by atoms with Gasteiger partial charge in [-0.05, 0) is 23.3 Å². The second-order valence-electron chi connectivity index (χ2n) is 8.25. The Morgan fingerprint density at radius 2 is 1.67 bits per heavy atom. The number of hydrogen-bond acceptors (Lipinski definition) is 5. The maximum absolute atomic E-state index is 13.1. The zero-order valence-corrected chi connectivity index (χ0v) is 18.8. The van der Waals surface area contributed by atoms with Gasteiger partial charge in [0, 0.05) is 31.2 Å².